The number of hydrogen-bond donors (Lipinski definition) is 1. The molecule has 0 radical (unpaired) electrons. The molecule has 0 bridgehead atoms. The minimum atomic E-state index is 0.184. The van der Waals surface area contributed by atoms with Crippen molar-refractivity contribution < 1.29 is 9.84 Å². The molecule has 1 N–H and O–H groups in total. The summed E-state index contributed by atoms with van der Waals surface area (Å²) in [6, 6.07) is 5.91. The number of rotatable bonds is 7. The standard InChI is InChI=1S/C15H21Cl2NO2/c16-13-6-3-7-14(17)15(13)20-11-9-18(8-10-19)12-4-1-2-5-12/h3,6-7,12,19H,1-2,4-5,8-11H2. The lowest BCUT2D eigenvalue weighted by Gasteiger charge is -2.28. The van der Waals surface area contributed by atoms with E-state index in [0.717, 1.165) is 6.54 Å². The van der Waals surface area contributed by atoms with Crippen LogP contribution in [-0.4, -0.2) is 42.4 Å². The maximum atomic E-state index is 9.18. The molecule has 1 saturated carbocycles. The van der Waals surface area contributed by atoms with Gasteiger partial charge in [-0.3, -0.25) is 4.90 Å². The van der Waals surface area contributed by atoms with Gasteiger partial charge in [-0.15, -0.1) is 0 Å². The van der Waals surface area contributed by atoms with Crippen molar-refractivity contribution in [2.75, 3.05) is 26.3 Å². The number of halogens is 2. The molecule has 112 valence electrons. The van der Waals surface area contributed by atoms with Gasteiger partial charge in [-0.2, -0.15) is 0 Å². The van der Waals surface area contributed by atoms with Crippen molar-refractivity contribution in [2.24, 2.45) is 0 Å². The number of benzene rings is 1. The molecule has 0 unspecified atom stereocenters. The Kier molecular flexibility index (Phi) is 6.43. The zero-order valence-corrected chi connectivity index (χ0v) is 13.0. The fraction of sp³-hybridized carbons (Fsp3) is 0.600. The summed E-state index contributed by atoms with van der Waals surface area (Å²) in [6.07, 6.45) is 4.99. The van der Waals surface area contributed by atoms with Gasteiger partial charge in [0.2, 0.25) is 0 Å². The molecule has 1 fully saturated rings. The van der Waals surface area contributed by atoms with Gasteiger partial charge in [0.05, 0.1) is 16.7 Å². The van der Waals surface area contributed by atoms with Gasteiger partial charge in [0.25, 0.3) is 0 Å². The van der Waals surface area contributed by atoms with Crippen LogP contribution in [0.15, 0.2) is 18.2 Å². The molecule has 2 rings (SSSR count). The monoisotopic (exact) mass is 317 g/mol. The summed E-state index contributed by atoms with van der Waals surface area (Å²) >= 11 is 12.1. The second-order valence-electron chi connectivity index (χ2n) is 5.10. The lowest BCUT2D eigenvalue weighted by atomic mass is 10.2. The average molecular weight is 318 g/mol. The van der Waals surface area contributed by atoms with Crippen molar-refractivity contribution in [3.8, 4) is 5.75 Å². The molecule has 1 aliphatic rings. The molecular formula is C15H21Cl2NO2. The van der Waals surface area contributed by atoms with E-state index in [0.29, 0.717) is 35.0 Å². The Morgan fingerprint density at radius 2 is 1.80 bits per heavy atom. The van der Waals surface area contributed by atoms with Crippen molar-refractivity contribution in [1.82, 2.24) is 4.90 Å². The Hall–Kier alpha value is -0.480. The van der Waals surface area contributed by atoms with Crippen molar-refractivity contribution in [3.05, 3.63) is 28.2 Å². The molecule has 0 saturated heterocycles. The van der Waals surface area contributed by atoms with Crippen LogP contribution in [-0.2, 0) is 0 Å². The van der Waals surface area contributed by atoms with E-state index in [4.69, 9.17) is 27.9 Å². The van der Waals surface area contributed by atoms with E-state index in [9.17, 15) is 5.11 Å². The van der Waals surface area contributed by atoms with Gasteiger partial charge in [0, 0.05) is 19.1 Å². The van der Waals surface area contributed by atoms with E-state index in [1.165, 1.54) is 25.7 Å². The third-order valence-electron chi connectivity index (χ3n) is 3.77. The molecule has 5 heteroatoms. The Bertz CT molecular complexity index is 402. The van der Waals surface area contributed by atoms with E-state index in [1.807, 2.05) is 0 Å². The second kappa shape index (κ2) is 8.08. The zero-order valence-electron chi connectivity index (χ0n) is 11.5. The van der Waals surface area contributed by atoms with Crippen LogP contribution in [0.2, 0.25) is 10.0 Å². The number of para-hydroxylation sites is 1. The van der Waals surface area contributed by atoms with E-state index < -0.39 is 0 Å². The molecule has 0 aliphatic heterocycles. The largest absolute Gasteiger partial charge is 0.489 e. The summed E-state index contributed by atoms with van der Waals surface area (Å²) in [5.74, 6) is 0.547. The van der Waals surface area contributed by atoms with Crippen molar-refractivity contribution in [2.45, 2.75) is 31.7 Å². The van der Waals surface area contributed by atoms with Gasteiger partial charge in [0.15, 0.2) is 5.75 Å². The smallest absolute Gasteiger partial charge is 0.156 e. The van der Waals surface area contributed by atoms with Crippen molar-refractivity contribution in [3.63, 3.8) is 0 Å². The van der Waals surface area contributed by atoms with Gasteiger partial charge >= 0.3 is 0 Å². The SMILES string of the molecule is OCCN(CCOc1c(Cl)cccc1Cl)C1CCCC1. The van der Waals surface area contributed by atoms with Crippen LogP contribution in [0.5, 0.6) is 5.75 Å². The van der Waals surface area contributed by atoms with Crippen LogP contribution in [0.3, 0.4) is 0 Å². The summed E-state index contributed by atoms with van der Waals surface area (Å²) in [4.78, 5) is 2.30. The second-order valence-corrected chi connectivity index (χ2v) is 5.91. The molecular weight excluding hydrogens is 297 g/mol. The molecule has 0 spiro atoms. The first kappa shape index (κ1) is 15.9. The summed E-state index contributed by atoms with van der Waals surface area (Å²) < 4.78 is 5.72. The number of aliphatic hydroxyl groups is 1. The number of nitrogens with zero attached hydrogens (tertiary/aromatic N) is 1. The summed E-state index contributed by atoms with van der Waals surface area (Å²) in [7, 11) is 0. The normalized spacial score (nSPS) is 16.0. The highest BCUT2D eigenvalue weighted by Gasteiger charge is 2.22. The minimum absolute atomic E-state index is 0.184. The van der Waals surface area contributed by atoms with Gasteiger partial charge in [-0.25, -0.2) is 0 Å². The third-order valence-corrected chi connectivity index (χ3v) is 4.37. The Balaban J connectivity index is 1.86. The van der Waals surface area contributed by atoms with Gasteiger partial charge in [-0.05, 0) is 25.0 Å². The molecule has 0 aromatic heterocycles. The zero-order chi connectivity index (χ0) is 14.4. The molecule has 3 nitrogen and oxygen atoms in total. The highest BCUT2D eigenvalue weighted by molar-refractivity contribution is 6.37. The lowest BCUT2D eigenvalue weighted by Crippen LogP contribution is -2.38. The van der Waals surface area contributed by atoms with E-state index in [2.05, 4.69) is 4.90 Å². The minimum Gasteiger partial charge on any atom is -0.489 e. The summed E-state index contributed by atoms with van der Waals surface area (Å²) in [5.41, 5.74) is 0. The molecule has 1 aromatic carbocycles. The fourth-order valence-electron chi connectivity index (χ4n) is 2.76. The van der Waals surface area contributed by atoms with Crippen LogP contribution in [0.4, 0.5) is 0 Å². The topological polar surface area (TPSA) is 32.7 Å². The molecule has 1 aromatic rings. The maximum Gasteiger partial charge on any atom is 0.156 e. The number of ether oxygens (including phenoxy) is 1. The van der Waals surface area contributed by atoms with Crippen LogP contribution in [0.1, 0.15) is 25.7 Å². The quantitative estimate of drug-likeness (QED) is 0.834. The highest BCUT2D eigenvalue weighted by atomic mass is 35.5. The van der Waals surface area contributed by atoms with E-state index in [1.54, 1.807) is 18.2 Å². The third kappa shape index (κ3) is 4.26. The molecule has 20 heavy (non-hydrogen) atoms. The number of aliphatic hydroxyl groups excluding tert-OH is 1. The van der Waals surface area contributed by atoms with E-state index >= 15 is 0 Å². The molecule has 0 heterocycles. The van der Waals surface area contributed by atoms with Crippen molar-refractivity contribution >= 4 is 23.2 Å². The Morgan fingerprint density at radius 3 is 2.40 bits per heavy atom. The van der Waals surface area contributed by atoms with Crippen LogP contribution in [0, 0.1) is 0 Å². The number of hydrogen-bond acceptors (Lipinski definition) is 3. The van der Waals surface area contributed by atoms with Crippen LogP contribution < -0.4 is 4.74 Å². The molecule has 0 atom stereocenters. The van der Waals surface area contributed by atoms with Gasteiger partial charge in [0.1, 0.15) is 6.61 Å². The van der Waals surface area contributed by atoms with E-state index in [-0.39, 0.29) is 6.61 Å². The fourth-order valence-corrected chi connectivity index (χ4v) is 3.27. The summed E-state index contributed by atoms with van der Waals surface area (Å²) in [6.45, 7) is 2.19. The molecule has 1 aliphatic carbocycles. The first-order valence-corrected chi connectivity index (χ1v) is 7.89. The maximum absolute atomic E-state index is 9.18. The average Bonchev–Trinajstić information content (AvgIpc) is 2.95. The highest BCUT2D eigenvalue weighted by Crippen LogP contribution is 2.32. The van der Waals surface area contributed by atoms with Gasteiger partial charge < -0.3 is 9.84 Å². The Labute approximate surface area is 130 Å². The predicted molar refractivity (Wildman–Crippen MR) is 82.9 cm³/mol. The first-order valence-electron chi connectivity index (χ1n) is 7.14. The lowest BCUT2D eigenvalue weighted by molar-refractivity contribution is 0.129. The molecule has 0 amide bonds. The van der Waals surface area contributed by atoms with Crippen molar-refractivity contribution in [1.29, 1.82) is 0 Å². The predicted octanol–water partition coefficient (Wildman–Crippen LogP) is 3.61. The van der Waals surface area contributed by atoms with Crippen LogP contribution in [0.25, 0.3) is 0 Å². The van der Waals surface area contributed by atoms with Gasteiger partial charge in [-0.1, -0.05) is 42.1 Å². The first-order chi connectivity index (χ1) is 9.72. The van der Waals surface area contributed by atoms with Crippen LogP contribution >= 0.6 is 23.2 Å². The summed E-state index contributed by atoms with van der Waals surface area (Å²) in [5, 5.41) is 10.2. The Morgan fingerprint density at radius 1 is 1.15 bits per heavy atom.